The maximum atomic E-state index is 5.39. The van der Waals surface area contributed by atoms with E-state index in [1.165, 1.54) is 0 Å². The van der Waals surface area contributed by atoms with Crippen LogP contribution in [0, 0.1) is 6.92 Å². The van der Waals surface area contributed by atoms with Crippen molar-refractivity contribution < 1.29 is 4.42 Å². The lowest BCUT2D eigenvalue weighted by Gasteiger charge is -1.94. The van der Waals surface area contributed by atoms with Crippen molar-refractivity contribution in [2.75, 3.05) is 0 Å². The van der Waals surface area contributed by atoms with Gasteiger partial charge in [0.15, 0.2) is 0 Å². The van der Waals surface area contributed by atoms with E-state index in [0.29, 0.717) is 0 Å². The second-order valence-corrected chi connectivity index (χ2v) is 2.47. The number of rotatable bonds is 1. The Labute approximate surface area is 65.1 Å². The molecule has 2 heterocycles. The van der Waals surface area contributed by atoms with E-state index < -0.39 is 0 Å². The molecule has 0 aliphatic heterocycles. The van der Waals surface area contributed by atoms with Crippen molar-refractivity contribution in [2.45, 2.75) is 6.92 Å². The van der Waals surface area contributed by atoms with Gasteiger partial charge in [0.1, 0.15) is 5.76 Å². The lowest BCUT2D eigenvalue weighted by molar-refractivity contribution is 0.511. The van der Waals surface area contributed by atoms with Crippen LogP contribution in [0.1, 0.15) is 5.76 Å². The van der Waals surface area contributed by atoms with Crippen LogP contribution in [-0.2, 0) is 0 Å². The molecule has 0 atom stereocenters. The Morgan fingerprint density at radius 3 is 2.45 bits per heavy atom. The third kappa shape index (κ3) is 1.07. The standard InChI is InChI=1S/C9H9NO/c1-8-4-5-9(11-8)10-6-2-3-7-10/h2-7H,1H3. The summed E-state index contributed by atoms with van der Waals surface area (Å²) in [6, 6.07) is 7.85. The molecule has 0 aliphatic carbocycles. The lowest BCUT2D eigenvalue weighted by atomic mass is 10.5. The molecule has 2 heteroatoms. The van der Waals surface area contributed by atoms with Crippen LogP contribution in [0.2, 0.25) is 0 Å². The molecule has 0 unspecified atom stereocenters. The second-order valence-electron chi connectivity index (χ2n) is 2.47. The molecule has 0 fully saturated rings. The Kier molecular flexibility index (Phi) is 1.32. The fourth-order valence-corrected chi connectivity index (χ4v) is 1.04. The summed E-state index contributed by atoms with van der Waals surface area (Å²) in [7, 11) is 0. The highest BCUT2D eigenvalue weighted by Gasteiger charge is 1.97. The average Bonchev–Trinajstić information content (AvgIpc) is 2.55. The van der Waals surface area contributed by atoms with Crippen LogP contribution in [0.25, 0.3) is 5.88 Å². The molecule has 0 N–H and O–H groups in total. The molecule has 11 heavy (non-hydrogen) atoms. The van der Waals surface area contributed by atoms with Crippen molar-refractivity contribution >= 4 is 0 Å². The highest BCUT2D eigenvalue weighted by atomic mass is 16.4. The molecule has 0 saturated heterocycles. The molecule has 0 amide bonds. The van der Waals surface area contributed by atoms with Crippen molar-refractivity contribution in [1.82, 2.24) is 4.57 Å². The first-order valence-electron chi connectivity index (χ1n) is 3.56. The number of nitrogens with zero attached hydrogens (tertiary/aromatic N) is 1. The Morgan fingerprint density at radius 2 is 1.91 bits per heavy atom. The zero-order chi connectivity index (χ0) is 7.68. The van der Waals surface area contributed by atoms with E-state index in [2.05, 4.69) is 0 Å². The van der Waals surface area contributed by atoms with Gasteiger partial charge in [0.2, 0.25) is 5.88 Å². The molecule has 0 bridgehead atoms. The van der Waals surface area contributed by atoms with E-state index in [9.17, 15) is 0 Å². The van der Waals surface area contributed by atoms with E-state index in [-0.39, 0.29) is 0 Å². The molecule has 2 aromatic rings. The number of aryl methyl sites for hydroxylation is 1. The highest BCUT2D eigenvalue weighted by Crippen LogP contribution is 2.11. The van der Waals surface area contributed by atoms with Gasteiger partial charge in [-0.1, -0.05) is 0 Å². The van der Waals surface area contributed by atoms with Crippen molar-refractivity contribution in [3.8, 4) is 5.88 Å². The zero-order valence-corrected chi connectivity index (χ0v) is 6.32. The second kappa shape index (κ2) is 2.31. The normalized spacial score (nSPS) is 10.3. The van der Waals surface area contributed by atoms with Gasteiger partial charge < -0.3 is 4.42 Å². The van der Waals surface area contributed by atoms with Crippen LogP contribution >= 0.6 is 0 Å². The first-order chi connectivity index (χ1) is 5.36. The Bertz CT molecular complexity index is 332. The summed E-state index contributed by atoms with van der Waals surface area (Å²) in [5.74, 6) is 1.81. The molecule has 0 spiro atoms. The highest BCUT2D eigenvalue weighted by molar-refractivity contribution is 5.21. The molecule has 0 aromatic carbocycles. The third-order valence-electron chi connectivity index (χ3n) is 1.59. The Balaban J connectivity index is 2.45. The first-order valence-corrected chi connectivity index (χ1v) is 3.56. The Hall–Kier alpha value is -1.44. The van der Waals surface area contributed by atoms with Crippen molar-refractivity contribution in [3.63, 3.8) is 0 Å². The van der Waals surface area contributed by atoms with Gasteiger partial charge in [-0.3, -0.25) is 4.57 Å². The maximum absolute atomic E-state index is 5.39. The van der Waals surface area contributed by atoms with Crippen LogP contribution in [0.5, 0.6) is 0 Å². The molecule has 2 rings (SSSR count). The fourth-order valence-electron chi connectivity index (χ4n) is 1.04. The van der Waals surface area contributed by atoms with Crippen LogP contribution < -0.4 is 0 Å². The lowest BCUT2D eigenvalue weighted by Crippen LogP contribution is -1.83. The van der Waals surface area contributed by atoms with E-state index in [1.807, 2.05) is 48.1 Å². The first kappa shape index (κ1) is 6.28. The summed E-state index contributed by atoms with van der Waals surface area (Å²) in [5.41, 5.74) is 0. The van der Waals surface area contributed by atoms with Crippen LogP contribution in [-0.4, -0.2) is 4.57 Å². The van der Waals surface area contributed by atoms with E-state index in [4.69, 9.17) is 4.42 Å². The monoisotopic (exact) mass is 147 g/mol. The minimum Gasteiger partial charge on any atom is -0.445 e. The molecule has 0 radical (unpaired) electrons. The molecular formula is C9H9NO. The van der Waals surface area contributed by atoms with Crippen molar-refractivity contribution in [1.29, 1.82) is 0 Å². The van der Waals surface area contributed by atoms with Gasteiger partial charge in [0, 0.05) is 18.5 Å². The van der Waals surface area contributed by atoms with Crippen LogP contribution in [0.15, 0.2) is 41.1 Å². The summed E-state index contributed by atoms with van der Waals surface area (Å²) in [4.78, 5) is 0. The van der Waals surface area contributed by atoms with Gasteiger partial charge in [-0.15, -0.1) is 0 Å². The van der Waals surface area contributed by atoms with E-state index in [1.54, 1.807) is 0 Å². The minimum atomic E-state index is 0.868. The molecule has 0 saturated carbocycles. The number of hydrogen-bond donors (Lipinski definition) is 0. The minimum absolute atomic E-state index is 0.868. The Morgan fingerprint density at radius 1 is 1.18 bits per heavy atom. The van der Waals surface area contributed by atoms with Crippen molar-refractivity contribution in [3.05, 3.63) is 42.4 Å². The summed E-state index contributed by atoms with van der Waals surface area (Å²) in [6.45, 7) is 1.94. The topological polar surface area (TPSA) is 18.1 Å². The van der Waals surface area contributed by atoms with E-state index in [0.717, 1.165) is 11.6 Å². The summed E-state index contributed by atoms with van der Waals surface area (Å²) in [6.07, 6.45) is 3.91. The predicted molar refractivity (Wildman–Crippen MR) is 42.8 cm³/mol. The maximum Gasteiger partial charge on any atom is 0.203 e. The molecule has 56 valence electrons. The molecule has 0 aliphatic rings. The predicted octanol–water partition coefficient (Wildman–Crippen LogP) is 2.38. The van der Waals surface area contributed by atoms with Crippen molar-refractivity contribution in [2.24, 2.45) is 0 Å². The number of furan rings is 1. The quantitative estimate of drug-likeness (QED) is 0.605. The van der Waals surface area contributed by atoms with Gasteiger partial charge in [-0.05, 0) is 25.1 Å². The van der Waals surface area contributed by atoms with Crippen LogP contribution in [0.4, 0.5) is 0 Å². The largest absolute Gasteiger partial charge is 0.445 e. The van der Waals surface area contributed by atoms with Gasteiger partial charge in [-0.2, -0.15) is 0 Å². The fraction of sp³-hybridized carbons (Fsp3) is 0.111. The zero-order valence-electron chi connectivity index (χ0n) is 6.32. The average molecular weight is 147 g/mol. The summed E-state index contributed by atoms with van der Waals surface area (Å²) in [5, 5.41) is 0. The molecule has 2 aromatic heterocycles. The van der Waals surface area contributed by atoms with Gasteiger partial charge >= 0.3 is 0 Å². The number of hydrogen-bond acceptors (Lipinski definition) is 1. The van der Waals surface area contributed by atoms with Gasteiger partial charge in [0.25, 0.3) is 0 Å². The summed E-state index contributed by atoms with van der Waals surface area (Å²) >= 11 is 0. The van der Waals surface area contributed by atoms with E-state index >= 15 is 0 Å². The van der Waals surface area contributed by atoms with Gasteiger partial charge in [0.05, 0.1) is 0 Å². The smallest absolute Gasteiger partial charge is 0.203 e. The number of aromatic nitrogens is 1. The summed E-state index contributed by atoms with van der Waals surface area (Å²) < 4.78 is 7.33. The van der Waals surface area contributed by atoms with Gasteiger partial charge in [-0.25, -0.2) is 0 Å². The molecule has 2 nitrogen and oxygen atoms in total. The van der Waals surface area contributed by atoms with Crippen LogP contribution in [0.3, 0.4) is 0 Å². The molecular weight excluding hydrogens is 138 g/mol. The third-order valence-corrected chi connectivity index (χ3v) is 1.59. The SMILES string of the molecule is Cc1ccc(-n2cccc2)o1.